The molecule has 0 aromatic carbocycles. The van der Waals surface area contributed by atoms with Gasteiger partial charge < -0.3 is 4.42 Å². The normalized spacial score (nSPS) is 10.9. The Balaban J connectivity index is 3.11. The van der Waals surface area contributed by atoms with Gasteiger partial charge in [-0.15, -0.1) is 0 Å². The van der Waals surface area contributed by atoms with E-state index >= 15 is 0 Å². The molecule has 0 fully saturated rings. The van der Waals surface area contributed by atoms with Crippen LogP contribution in [0.5, 0.6) is 0 Å². The molecule has 0 bridgehead atoms. The second kappa shape index (κ2) is 2.30. The summed E-state index contributed by atoms with van der Waals surface area (Å²) in [6.45, 7) is 0. The first-order chi connectivity index (χ1) is 4.24. The van der Waals surface area contributed by atoms with Crippen molar-refractivity contribution in [2.75, 3.05) is 0 Å². The highest BCUT2D eigenvalue weighted by atomic mass is 127. The SMILES string of the molecule is [2H]c1oc(C=O)cc1I. The molecule has 1 rings (SSSR count). The topological polar surface area (TPSA) is 30.2 Å². The standard InChI is InChI=1S/C5H3IO2/c6-4-1-5(2-7)8-3-4/h1-3H/i3D. The van der Waals surface area contributed by atoms with Crippen LogP contribution in [0.15, 0.2) is 16.7 Å². The summed E-state index contributed by atoms with van der Waals surface area (Å²) >= 11 is 1.93. The number of rotatable bonds is 1. The summed E-state index contributed by atoms with van der Waals surface area (Å²) in [6, 6.07) is 1.52. The summed E-state index contributed by atoms with van der Waals surface area (Å²) in [5.74, 6) is 0.212. The summed E-state index contributed by atoms with van der Waals surface area (Å²) in [6.07, 6.45) is 0.637. The number of aldehydes is 1. The van der Waals surface area contributed by atoms with Crippen LogP contribution in [0.2, 0.25) is 0 Å². The van der Waals surface area contributed by atoms with Gasteiger partial charge in [0.1, 0.15) is 7.61 Å². The van der Waals surface area contributed by atoms with Crippen molar-refractivity contribution in [2.24, 2.45) is 0 Å². The first-order valence-corrected chi connectivity index (χ1v) is 3.03. The Hall–Kier alpha value is -0.320. The summed E-state index contributed by atoms with van der Waals surface area (Å²) in [5.41, 5.74) is 0. The molecule has 0 saturated carbocycles. The summed E-state index contributed by atoms with van der Waals surface area (Å²) in [5, 5.41) is 0. The Morgan fingerprint density at radius 3 is 3.00 bits per heavy atom. The molecule has 0 radical (unpaired) electrons. The van der Waals surface area contributed by atoms with Gasteiger partial charge in [0.25, 0.3) is 0 Å². The van der Waals surface area contributed by atoms with E-state index in [9.17, 15) is 4.79 Å². The van der Waals surface area contributed by atoms with Gasteiger partial charge in [0.2, 0.25) is 0 Å². The van der Waals surface area contributed by atoms with E-state index < -0.39 is 0 Å². The van der Waals surface area contributed by atoms with E-state index in [2.05, 4.69) is 4.42 Å². The minimum Gasteiger partial charge on any atom is -0.460 e. The van der Waals surface area contributed by atoms with Crippen molar-refractivity contribution in [1.29, 1.82) is 0 Å². The van der Waals surface area contributed by atoms with Crippen molar-refractivity contribution in [2.45, 2.75) is 0 Å². The van der Waals surface area contributed by atoms with Crippen molar-refractivity contribution in [3.63, 3.8) is 0 Å². The molecule has 0 amide bonds. The minimum absolute atomic E-state index is 0.0534. The van der Waals surface area contributed by atoms with E-state index in [1.165, 1.54) is 6.07 Å². The number of hydrogen-bond donors (Lipinski definition) is 0. The van der Waals surface area contributed by atoms with Crippen LogP contribution in [0.1, 0.15) is 11.9 Å². The first-order valence-electron chi connectivity index (χ1n) is 2.45. The van der Waals surface area contributed by atoms with E-state index in [1.54, 1.807) is 0 Å². The van der Waals surface area contributed by atoms with Crippen LogP contribution in [0, 0.1) is 3.57 Å². The predicted molar refractivity (Wildman–Crippen MR) is 36.8 cm³/mol. The van der Waals surface area contributed by atoms with Crippen molar-refractivity contribution in [3.05, 3.63) is 21.6 Å². The monoisotopic (exact) mass is 223 g/mol. The molecule has 0 N–H and O–H groups in total. The van der Waals surface area contributed by atoms with Crippen LogP contribution in [-0.2, 0) is 0 Å². The van der Waals surface area contributed by atoms with Gasteiger partial charge in [-0.25, -0.2) is 0 Å². The number of carbonyl (C=O) groups is 1. The first kappa shape index (κ1) is 4.55. The lowest BCUT2D eigenvalue weighted by molar-refractivity contribution is 0.110. The van der Waals surface area contributed by atoms with Crippen molar-refractivity contribution < 1.29 is 10.6 Å². The second-order valence-electron chi connectivity index (χ2n) is 1.22. The van der Waals surface area contributed by atoms with Gasteiger partial charge >= 0.3 is 0 Å². The van der Waals surface area contributed by atoms with Gasteiger partial charge in [0.05, 0.1) is 3.57 Å². The molecule has 2 nitrogen and oxygen atoms in total. The largest absolute Gasteiger partial charge is 0.460 e. The Bertz CT molecular complexity index is 211. The lowest BCUT2D eigenvalue weighted by atomic mass is 10.5. The van der Waals surface area contributed by atoms with Crippen LogP contribution in [0.3, 0.4) is 0 Å². The fourth-order valence-electron chi connectivity index (χ4n) is 0.350. The molecule has 0 unspecified atom stereocenters. The molecule has 1 aromatic heterocycles. The molecule has 0 atom stereocenters. The Labute approximate surface area is 61.4 Å². The maximum absolute atomic E-state index is 9.99. The van der Waals surface area contributed by atoms with Gasteiger partial charge in [-0.05, 0) is 22.6 Å². The van der Waals surface area contributed by atoms with E-state index in [1.807, 2.05) is 22.6 Å². The Morgan fingerprint density at radius 1 is 2.00 bits per heavy atom. The van der Waals surface area contributed by atoms with Crippen LogP contribution in [0.4, 0.5) is 0 Å². The van der Waals surface area contributed by atoms with Crippen LogP contribution < -0.4 is 0 Å². The lowest BCUT2D eigenvalue weighted by Crippen LogP contribution is -1.66. The van der Waals surface area contributed by atoms with E-state index in [4.69, 9.17) is 1.37 Å². The van der Waals surface area contributed by atoms with E-state index in [0.29, 0.717) is 9.86 Å². The molecule has 42 valence electrons. The average molecular weight is 223 g/mol. The summed E-state index contributed by atoms with van der Waals surface area (Å²) in [4.78, 5) is 9.99. The molecular formula is C5H3IO2. The molecule has 3 heteroatoms. The lowest BCUT2D eigenvalue weighted by Gasteiger charge is -1.68. The van der Waals surface area contributed by atoms with Crippen molar-refractivity contribution in [1.82, 2.24) is 0 Å². The highest BCUT2D eigenvalue weighted by Gasteiger charge is 1.93. The highest BCUT2D eigenvalue weighted by molar-refractivity contribution is 14.1. The summed E-state index contributed by atoms with van der Waals surface area (Å²) in [7, 11) is 0. The van der Waals surface area contributed by atoms with Crippen molar-refractivity contribution in [3.8, 4) is 0 Å². The zero-order chi connectivity index (χ0) is 6.85. The van der Waals surface area contributed by atoms with Gasteiger partial charge in [0, 0.05) is 6.07 Å². The van der Waals surface area contributed by atoms with Crippen molar-refractivity contribution >= 4 is 28.9 Å². The maximum Gasteiger partial charge on any atom is 0.185 e. The van der Waals surface area contributed by atoms with E-state index in [0.717, 1.165) is 0 Å². The van der Waals surface area contributed by atoms with Crippen LogP contribution >= 0.6 is 22.6 Å². The molecule has 0 saturated heterocycles. The quantitative estimate of drug-likeness (QED) is 0.535. The predicted octanol–water partition coefficient (Wildman–Crippen LogP) is 1.70. The smallest absolute Gasteiger partial charge is 0.185 e. The third-order valence-electron chi connectivity index (χ3n) is 0.652. The highest BCUT2D eigenvalue weighted by Crippen LogP contribution is 2.06. The van der Waals surface area contributed by atoms with Crippen LogP contribution in [0.25, 0.3) is 0 Å². The molecule has 1 heterocycles. The number of carbonyl (C=O) groups excluding carboxylic acids is 1. The molecule has 0 aliphatic heterocycles. The third kappa shape index (κ3) is 1.09. The zero-order valence-corrected chi connectivity index (χ0v) is 6.01. The van der Waals surface area contributed by atoms with Gasteiger partial charge in [-0.3, -0.25) is 4.79 Å². The molecule has 0 aliphatic rings. The van der Waals surface area contributed by atoms with Gasteiger partial charge in [-0.2, -0.15) is 0 Å². The molecule has 0 spiro atoms. The molecule has 0 aliphatic carbocycles. The maximum atomic E-state index is 9.99. The number of hydrogen-bond acceptors (Lipinski definition) is 2. The molecule has 8 heavy (non-hydrogen) atoms. The molecule has 1 aromatic rings. The van der Waals surface area contributed by atoms with Gasteiger partial charge in [0.15, 0.2) is 12.0 Å². The van der Waals surface area contributed by atoms with E-state index in [-0.39, 0.29) is 12.0 Å². The zero-order valence-electron chi connectivity index (χ0n) is 4.85. The molecular weight excluding hydrogens is 219 g/mol. The fraction of sp³-hybridized carbons (Fsp3) is 0. The third-order valence-corrected chi connectivity index (χ3v) is 1.18. The number of halogens is 1. The second-order valence-corrected chi connectivity index (χ2v) is 2.38. The van der Waals surface area contributed by atoms with Crippen LogP contribution in [-0.4, -0.2) is 6.29 Å². The minimum atomic E-state index is 0.0534. The average Bonchev–Trinajstić information content (AvgIpc) is 2.13. The number of furan rings is 1. The van der Waals surface area contributed by atoms with Gasteiger partial charge in [-0.1, -0.05) is 0 Å². The Kier molecular flexibility index (Phi) is 1.31. The summed E-state index contributed by atoms with van der Waals surface area (Å²) < 4.78 is 12.3. The Morgan fingerprint density at radius 2 is 2.75 bits per heavy atom. The fourth-order valence-corrected chi connectivity index (χ4v) is 0.767.